The van der Waals surface area contributed by atoms with Crippen molar-refractivity contribution in [2.24, 2.45) is 0 Å². The van der Waals surface area contributed by atoms with Gasteiger partial charge in [-0.1, -0.05) is 41.6 Å². The van der Waals surface area contributed by atoms with E-state index in [1.165, 1.54) is 0 Å². The third-order valence-corrected chi connectivity index (χ3v) is 5.24. The summed E-state index contributed by atoms with van der Waals surface area (Å²) in [5.41, 5.74) is 4.84. The molecule has 128 valence electrons. The zero-order chi connectivity index (χ0) is 18.1. The summed E-state index contributed by atoms with van der Waals surface area (Å²) >= 11 is 0. The van der Waals surface area contributed by atoms with Crippen LogP contribution in [0.15, 0.2) is 47.0 Å². The van der Waals surface area contributed by atoms with Gasteiger partial charge in [0.05, 0.1) is 5.69 Å². The van der Waals surface area contributed by atoms with Gasteiger partial charge in [-0.15, -0.1) is 0 Å². The molecular weight excluding hydrogens is 330 g/mol. The Balaban J connectivity index is 1.82. The highest BCUT2D eigenvalue weighted by Gasteiger charge is 2.54. The first-order valence-corrected chi connectivity index (χ1v) is 8.33. The molecule has 2 N–H and O–H groups in total. The topological polar surface area (TPSA) is 84.2 Å². The number of benzene rings is 2. The van der Waals surface area contributed by atoms with E-state index in [1.54, 1.807) is 0 Å². The van der Waals surface area contributed by atoms with Crippen molar-refractivity contribution in [3.8, 4) is 22.3 Å². The van der Waals surface area contributed by atoms with E-state index in [4.69, 9.17) is 4.52 Å². The summed E-state index contributed by atoms with van der Waals surface area (Å²) in [6.45, 7) is 3.74. The van der Waals surface area contributed by atoms with Crippen molar-refractivity contribution in [1.29, 1.82) is 0 Å². The fourth-order valence-corrected chi connectivity index (χ4v) is 4.16. The van der Waals surface area contributed by atoms with Gasteiger partial charge in [-0.25, -0.2) is 4.79 Å². The van der Waals surface area contributed by atoms with E-state index in [0.29, 0.717) is 5.76 Å². The zero-order valence-corrected chi connectivity index (χ0v) is 14.2. The first-order valence-electron chi connectivity index (χ1n) is 8.33. The Hall–Kier alpha value is -3.41. The number of amides is 3. The molecule has 3 aromatic rings. The van der Waals surface area contributed by atoms with Crippen LogP contribution in [0.5, 0.6) is 0 Å². The van der Waals surface area contributed by atoms with E-state index in [9.17, 15) is 9.59 Å². The van der Waals surface area contributed by atoms with Gasteiger partial charge >= 0.3 is 6.03 Å². The first kappa shape index (κ1) is 14.9. The number of rotatable bonds is 1. The van der Waals surface area contributed by atoms with E-state index >= 15 is 0 Å². The Bertz CT molecular complexity index is 1100. The van der Waals surface area contributed by atoms with Crippen molar-refractivity contribution in [3.63, 3.8) is 0 Å². The molecule has 1 aromatic heterocycles. The van der Waals surface area contributed by atoms with Gasteiger partial charge < -0.3 is 9.84 Å². The molecule has 6 nitrogen and oxygen atoms in total. The van der Waals surface area contributed by atoms with Crippen molar-refractivity contribution >= 4 is 11.9 Å². The summed E-state index contributed by atoms with van der Waals surface area (Å²) in [6.07, 6.45) is 0. The number of carbonyl (C=O) groups excluding carboxylic acids is 2. The molecule has 26 heavy (non-hydrogen) atoms. The standard InChI is InChI=1S/C20H15N3O3/c1-10-17(11(2)26-23-10)12-7-8-14-13-5-3-4-6-15(13)20(16(14)9-12)18(24)21-19(25)22-20/h3-9H,1-2H3,(H2,21,22,24,25). The summed E-state index contributed by atoms with van der Waals surface area (Å²) < 4.78 is 5.29. The van der Waals surface area contributed by atoms with Gasteiger partial charge in [0.1, 0.15) is 5.76 Å². The lowest BCUT2D eigenvalue weighted by Gasteiger charge is -2.23. The number of nitrogens with zero attached hydrogens (tertiary/aromatic N) is 1. The maximum atomic E-state index is 12.8. The molecule has 2 aromatic carbocycles. The zero-order valence-electron chi connectivity index (χ0n) is 14.2. The Morgan fingerprint density at radius 1 is 1.00 bits per heavy atom. The number of hydrogen-bond donors (Lipinski definition) is 2. The minimum Gasteiger partial charge on any atom is -0.361 e. The van der Waals surface area contributed by atoms with Crippen molar-refractivity contribution in [2.75, 3.05) is 0 Å². The van der Waals surface area contributed by atoms with Crippen LogP contribution in [0.1, 0.15) is 22.6 Å². The lowest BCUT2D eigenvalue weighted by atomic mass is 9.86. The molecule has 3 amide bonds. The van der Waals surface area contributed by atoms with Gasteiger partial charge in [0.15, 0.2) is 5.54 Å². The number of nitrogens with one attached hydrogen (secondary N) is 2. The van der Waals surface area contributed by atoms with E-state index in [1.807, 2.05) is 56.3 Å². The average molecular weight is 345 g/mol. The fraction of sp³-hybridized carbons (Fsp3) is 0.150. The van der Waals surface area contributed by atoms with E-state index in [2.05, 4.69) is 15.8 Å². The Morgan fingerprint density at radius 2 is 1.77 bits per heavy atom. The predicted octanol–water partition coefficient (Wildman–Crippen LogP) is 3.02. The Morgan fingerprint density at radius 3 is 2.46 bits per heavy atom. The SMILES string of the molecule is Cc1noc(C)c1-c1ccc2c(c1)C1(NC(=O)NC1=O)c1ccccc1-2. The van der Waals surface area contributed by atoms with Gasteiger partial charge in [-0.3, -0.25) is 10.1 Å². The van der Waals surface area contributed by atoms with Crippen LogP contribution < -0.4 is 10.6 Å². The van der Waals surface area contributed by atoms with Crippen LogP contribution in [0.3, 0.4) is 0 Å². The highest BCUT2D eigenvalue weighted by atomic mass is 16.5. The summed E-state index contributed by atoms with van der Waals surface area (Å²) in [5.74, 6) is 0.358. The predicted molar refractivity (Wildman–Crippen MR) is 94.3 cm³/mol. The van der Waals surface area contributed by atoms with Crippen LogP contribution in [0.4, 0.5) is 4.79 Å². The van der Waals surface area contributed by atoms with Crippen LogP contribution in [0, 0.1) is 13.8 Å². The molecular formula is C20H15N3O3. The molecule has 0 radical (unpaired) electrons. The highest BCUT2D eigenvalue weighted by molar-refractivity contribution is 6.13. The van der Waals surface area contributed by atoms with E-state index < -0.39 is 11.6 Å². The van der Waals surface area contributed by atoms with Gasteiger partial charge in [-0.05, 0) is 42.2 Å². The maximum Gasteiger partial charge on any atom is 0.322 e. The summed E-state index contributed by atoms with van der Waals surface area (Å²) in [7, 11) is 0. The van der Waals surface area contributed by atoms with Crippen molar-refractivity contribution in [1.82, 2.24) is 15.8 Å². The summed E-state index contributed by atoms with van der Waals surface area (Å²) in [6, 6.07) is 13.1. The number of fused-ring (bicyclic) bond motifs is 5. The lowest BCUT2D eigenvalue weighted by Crippen LogP contribution is -2.43. The van der Waals surface area contributed by atoms with Gasteiger partial charge in [0, 0.05) is 11.1 Å². The molecule has 1 fully saturated rings. The Labute approximate surface area is 149 Å². The number of carbonyl (C=O) groups is 2. The normalized spacial score (nSPS) is 20.1. The highest BCUT2D eigenvalue weighted by Crippen LogP contribution is 2.50. The second kappa shape index (κ2) is 4.82. The Kier molecular flexibility index (Phi) is 2.76. The number of hydrogen-bond acceptors (Lipinski definition) is 4. The molecule has 0 bridgehead atoms. The number of aryl methyl sites for hydroxylation is 2. The molecule has 0 saturated carbocycles. The molecule has 6 heteroatoms. The molecule has 1 unspecified atom stereocenters. The third kappa shape index (κ3) is 1.68. The molecule has 1 aliphatic heterocycles. The number of urea groups is 1. The quantitative estimate of drug-likeness (QED) is 0.664. The smallest absolute Gasteiger partial charge is 0.322 e. The van der Waals surface area contributed by atoms with Crippen molar-refractivity contribution in [3.05, 3.63) is 65.0 Å². The largest absolute Gasteiger partial charge is 0.361 e. The van der Waals surface area contributed by atoms with Crippen LogP contribution >= 0.6 is 0 Å². The van der Waals surface area contributed by atoms with Crippen molar-refractivity contribution in [2.45, 2.75) is 19.4 Å². The summed E-state index contributed by atoms with van der Waals surface area (Å²) in [4.78, 5) is 24.8. The molecule has 1 aliphatic carbocycles. The van der Waals surface area contributed by atoms with Crippen molar-refractivity contribution < 1.29 is 14.1 Å². The number of aromatic nitrogens is 1. The van der Waals surface area contributed by atoms with Gasteiger partial charge in [0.2, 0.25) is 0 Å². The van der Waals surface area contributed by atoms with Crippen LogP contribution in [0.2, 0.25) is 0 Å². The monoisotopic (exact) mass is 345 g/mol. The second-order valence-corrected chi connectivity index (χ2v) is 6.66. The molecule has 2 aliphatic rings. The summed E-state index contributed by atoms with van der Waals surface area (Å²) in [5, 5.41) is 9.26. The van der Waals surface area contributed by atoms with E-state index in [-0.39, 0.29) is 5.91 Å². The molecule has 1 spiro atoms. The van der Waals surface area contributed by atoms with E-state index in [0.717, 1.165) is 39.1 Å². The lowest BCUT2D eigenvalue weighted by molar-refractivity contribution is -0.122. The first-order chi connectivity index (χ1) is 12.5. The minimum absolute atomic E-state index is 0.357. The number of imide groups is 1. The fourth-order valence-electron chi connectivity index (χ4n) is 4.16. The van der Waals surface area contributed by atoms with Crippen LogP contribution in [-0.4, -0.2) is 17.1 Å². The second-order valence-electron chi connectivity index (χ2n) is 6.66. The molecule has 2 heterocycles. The maximum absolute atomic E-state index is 12.8. The molecule has 1 atom stereocenters. The van der Waals surface area contributed by atoms with Gasteiger partial charge in [-0.2, -0.15) is 0 Å². The average Bonchev–Trinajstić information content (AvgIpc) is 3.22. The minimum atomic E-state index is -1.20. The molecule has 1 saturated heterocycles. The van der Waals surface area contributed by atoms with Crippen LogP contribution in [-0.2, 0) is 10.3 Å². The van der Waals surface area contributed by atoms with Crippen LogP contribution in [0.25, 0.3) is 22.3 Å². The molecule has 5 rings (SSSR count). The third-order valence-electron chi connectivity index (χ3n) is 5.24. The van der Waals surface area contributed by atoms with Gasteiger partial charge in [0.25, 0.3) is 5.91 Å².